The summed E-state index contributed by atoms with van der Waals surface area (Å²) in [6, 6.07) is -1.00. The first-order chi connectivity index (χ1) is 15.1. The highest BCUT2D eigenvalue weighted by molar-refractivity contribution is 5.90. The monoisotopic (exact) mass is 453 g/mol. The molecule has 2 bridgehead atoms. The molecule has 0 aliphatic carbocycles. The number of hydrogen-bond donors (Lipinski definition) is 2. The highest BCUT2D eigenvalue weighted by Gasteiger charge is 2.48. The molecule has 0 unspecified atom stereocenters. The van der Waals surface area contributed by atoms with Crippen LogP contribution in [0.25, 0.3) is 0 Å². The van der Waals surface area contributed by atoms with Gasteiger partial charge in [0.05, 0.1) is 18.6 Å². The number of likely N-dealkylation sites (tertiary alicyclic amines) is 1. The van der Waals surface area contributed by atoms with Crippen molar-refractivity contribution in [2.24, 2.45) is 5.92 Å². The van der Waals surface area contributed by atoms with Crippen LogP contribution in [-0.2, 0) is 19.2 Å². The molecule has 5 amide bonds. The third-order valence-corrected chi connectivity index (χ3v) is 5.87. The summed E-state index contributed by atoms with van der Waals surface area (Å²) in [4.78, 5) is 58.6. The Morgan fingerprint density at radius 2 is 1.78 bits per heavy atom. The molecule has 3 atom stereocenters. The van der Waals surface area contributed by atoms with Gasteiger partial charge in [0.15, 0.2) is 0 Å². The van der Waals surface area contributed by atoms with E-state index in [0.29, 0.717) is 39.0 Å². The lowest BCUT2D eigenvalue weighted by Gasteiger charge is -2.29. The average Bonchev–Trinajstić information content (AvgIpc) is 3.31. The molecule has 3 fully saturated rings. The van der Waals surface area contributed by atoms with E-state index in [9.17, 15) is 19.2 Å². The number of nitrogens with one attached hydrogen (secondary N) is 2. The van der Waals surface area contributed by atoms with E-state index in [4.69, 9.17) is 9.57 Å². The summed E-state index contributed by atoms with van der Waals surface area (Å²) in [5.74, 6) is -1.23. The van der Waals surface area contributed by atoms with Gasteiger partial charge in [0.1, 0.15) is 11.6 Å². The lowest BCUT2D eigenvalue weighted by Crippen LogP contribution is -2.55. The number of fused-ring (bicyclic) bond motifs is 2. The number of unbranched alkanes of at least 4 members (excludes halogenated alkanes) is 1. The van der Waals surface area contributed by atoms with Gasteiger partial charge in [-0.1, -0.05) is 13.3 Å². The van der Waals surface area contributed by atoms with E-state index < -0.39 is 29.6 Å². The zero-order valence-corrected chi connectivity index (χ0v) is 19.4. The Labute approximate surface area is 188 Å². The van der Waals surface area contributed by atoms with E-state index in [1.54, 1.807) is 20.8 Å². The maximum Gasteiger partial charge on any atom is 0.410 e. The number of hydrogen-bond acceptors (Lipinski definition) is 6. The van der Waals surface area contributed by atoms with Crippen LogP contribution in [0.3, 0.4) is 0 Å². The topological polar surface area (TPSA) is 121 Å². The number of piperidine rings is 1. The molecule has 0 aromatic heterocycles. The summed E-state index contributed by atoms with van der Waals surface area (Å²) in [5.41, 5.74) is 4.31. The van der Waals surface area contributed by atoms with Gasteiger partial charge in [-0.05, 0) is 46.5 Å². The molecule has 0 aromatic carbocycles. The van der Waals surface area contributed by atoms with E-state index in [0.717, 1.165) is 12.8 Å². The summed E-state index contributed by atoms with van der Waals surface area (Å²) < 4.78 is 5.34. The van der Waals surface area contributed by atoms with Crippen LogP contribution in [0.1, 0.15) is 59.8 Å². The number of ether oxygens (including phenoxy) is 1. The number of carbonyl (C=O) groups excluding carboxylic acids is 4. The van der Waals surface area contributed by atoms with Crippen LogP contribution < -0.4 is 10.9 Å². The van der Waals surface area contributed by atoms with Crippen LogP contribution in [0.4, 0.5) is 9.59 Å². The van der Waals surface area contributed by atoms with Crippen LogP contribution in [0, 0.1) is 5.92 Å². The van der Waals surface area contributed by atoms with Gasteiger partial charge in [-0.3, -0.25) is 25.3 Å². The first-order valence-corrected chi connectivity index (χ1v) is 11.4. The first kappa shape index (κ1) is 24.1. The Morgan fingerprint density at radius 1 is 1.06 bits per heavy atom. The van der Waals surface area contributed by atoms with Crippen LogP contribution >= 0.6 is 0 Å². The molecule has 0 radical (unpaired) electrons. The molecule has 3 heterocycles. The second kappa shape index (κ2) is 9.93. The number of amides is 5. The molecular weight excluding hydrogens is 418 g/mol. The van der Waals surface area contributed by atoms with Crippen LogP contribution in [0.5, 0.6) is 0 Å². The predicted octanol–water partition coefficient (Wildman–Crippen LogP) is 1.39. The van der Waals surface area contributed by atoms with E-state index in [-0.39, 0.29) is 24.5 Å². The van der Waals surface area contributed by atoms with E-state index in [2.05, 4.69) is 10.9 Å². The maximum absolute atomic E-state index is 12.7. The third-order valence-electron chi connectivity index (χ3n) is 5.87. The van der Waals surface area contributed by atoms with Crippen molar-refractivity contribution in [3.8, 4) is 0 Å². The third kappa shape index (κ3) is 5.62. The van der Waals surface area contributed by atoms with Crippen molar-refractivity contribution < 1.29 is 28.8 Å². The highest BCUT2D eigenvalue weighted by atomic mass is 16.7. The van der Waals surface area contributed by atoms with Crippen LogP contribution in [-0.4, -0.2) is 82.7 Å². The number of hydroxylamine groups is 2. The van der Waals surface area contributed by atoms with Crippen molar-refractivity contribution in [1.82, 2.24) is 25.7 Å². The number of rotatable bonds is 6. The molecule has 3 aliphatic heterocycles. The molecule has 0 spiro atoms. The minimum Gasteiger partial charge on any atom is -0.444 e. The van der Waals surface area contributed by atoms with Crippen molar-refractivity contribution in [3.63, 3.8) is 0 Å². The minimum atomic E-state index is -0.652. The summed E-state index contributed by atoms with van der Waals surface area (Å²) in [5, 5.41) is 1.39. The molecule has 32 heavy (non-hydrogen) atoms. The van der Waals surface area contributed by atoms with Gasteiger partial charge in [-0.15, -0.1) is 0 Å². The number of urea groups is 1. The fourth-order valence-corrected chi connectivity index (χ4v) is 4.15. The Bertz CT molecular complexity index is 739. The van der Waals surface area contributed by atoms with E-state index >= 15 is 0 Å². The quantitative estimate of drug-likeness (QED) is 0.463. The standard InChI is InChI=1S/C21H35N5O6/c1-5-6-11-31-26-15-7-8-16(25(13-15)19(26)29)18(28)23-22-17(27)14-9-10-24(12-14)20(30)32-21(2,3)4/h14-16H,5-13H2,1-4H3,(H,22,27)(H,23,28)/t14-,15+,16+/m1/s1. The maximum atomic E-state index is 12.7. The zero-order valence-electron chi connectivity index (χ0n) is 19.4. The molecule has 3 aliphatic rings. The Balaban J connectivity index is 1.45. The lowest BCUT2D eigenvalue weighted by molar-refractivity contribution is -0.133. The highest BCUT2D eigenvalue weighted by Crippen LogP contribution is 2.30. The minimum absolute atomic E-state index is 0.0460. The van der Waals surface area contributed by atoms with E-state index in [1.165, 1.54) is 14.9 Å². The van der Waals surface area contributed by atoms with Gasteiger partial charge in [-0.25, -0.2) is 9.59 Å². The van der Waals surface area contributed by atoms with Gasteiger partial charge >= 0.3 is 12.1 Å². The molecule has 2 N–H and O–H groups in total. The van der Waals surface area contributed by atoms with Gasteiger partial charge in [0.2, 0.25) is 5.91 Å². The Kier molecular flexibility index (Phi) is 7.47. The Morgan fingerprint density at radius 3 is 2.47 bits per heavy atom. The summed E-state index contributed by atoms with van der Waals surface area (Å²) in [7, 11) is 0. The second-order valence-corrected chi connectivity index (χ2v) is 9.58. The first-order valence-electron chi connectivity index (χ1n) is 11.4. The number of nitrogens with zero attached hydrogens (tertiary/aromatic N) is 3. The van der Waals surface area contributed by atoms with Crippen molar-refractivity contribution in [2.45, 2.75) is 77.5 Å². The molecule has 11 heteroatoms. The van der Waals surface area contributed by atoms with Crippen LogP contribution in [0.2, 0.25) is 0 Å². The molecule has 0 saturated carbocycles. The van der Waals surface area contributed by atoms with Crippen molar-refractivity contribution >= 4 is 23.9 Å². The molecule has 0 aromatic rings. The summed E-state index contributed by atoms with van der Waals surface area (Å²) >= 11 is 0. The van der Waals surface area contributed by atoms with Gasteiger partial charge in [0, 0.05) is 19.6 Å². The largest absolute Gasteiger partial charge is 0.444 e. The van der Waals surface area contributed by atoms with Crippen molar-refractivity contribution in [2.75, 3.05) is 26.2 Å². The Hall–Kier alpha value is -2.56. The normalized spacial score (nSPS) is 25.2. The van der Waals surface area contributed by atoms with Crippen molar-refractivity contribution in [1.29, 1.82) is 0 Å². The van der Waals surface area contributed by atoms with Gasteiger partial charge < -0.3 is 14.5 Å². The fourth-order valence-electron chi connectivity index (χ4n) is 4.15. The van der Waals surface area contributed by atoms with Gasteiger partial charge in [-0.2, -0.15) is 5.06 Å². The SMILES string of the molecule is CCCCON1C(=O)N2C[C@@H]1CC[C@H]2C(=O)NNC(=O)[C@@H]1CCN(C(=O)OC(C)(C)C)C1. The summed E-state index contributed by atoms with van der Waals surface area (Å²) in [6.45, 7) is 8.97. The number of hydrazine groups is 1. The number of carbonyl (C=O) groups is 4. The second-order valence-electron chi connectivity index (χ2n) is 9.58. The predicted molar refractivity (Wildman–Crippen MR) is 114 cm³/mol. The van der Waals surface area contributed by atoms with E-state index in [1.807, 2.05) is 6.92 Å². The molecule has 180 valence electrons. The molecule has 3 saturated heterocycles. The molecule has 3 rings (SSSR count). The fraction of sp³-hybridized carbons (Fsp3) is 0.810. The van der Waals surface area contributed by atoms with Crippen LogP contribution in [0.15, 0.2) is 0 Å². The lowest BCUT2D eigenvalue weighted by atomic mass is 10.0. The average molecular weight is 454 g/mol. The smallest absolute Gasteiger partial charge is 0.410 e. The summed E-state index contributed by atoms with van der Waals surface area (Å²) in [6.07, 6.45) is 3.03. The van der Waals surface area contributed by atoms with Crippen molar-refractivity contribution in [3.05, 3.63) is 0 Å². The zero-order chi connectivity index (χ0) is 23.5. The molecular formula is C21H35N5O6. The van der Waals surface area contributed by atoms with Gasteiger partial charge in [0.25, 0.3) is 5.91 Å². The molecule has 11 nitrogen and oxygen atoms in total.